The summed E-state index contributed by atoms with van der Waals surface area (Å²) in [6.45, 7) is 2.08. The molecular weight excluding hydrogens is 243 g/mol. The molecule has 0 radical (unpaired) electrons. The highest BCUT2D eigenvalue weighted by Crippen LogP contribution is 2.17. The van der Waals surface area contributed by atoms with Gasteiger partial charge in [-0.25, -0.2) is 4.39 Å². The van der Waals surface area contributed by atoms with Crippen molar-refractivity contribution in [3.05, 3.63) is 65.0 Å². The van der Waals surface area contributed by atoms with E-state index in [9.17, 15) is 9.18 Å². The molecule has 98 valence electrons. The molecule has 0 fully saturated rings. The Morgan fingerprint density at radius 3 is 2.68 bits per heavy atom. The molecule has 0 saturated heterocycles. The number of carbonyl (C=O) groups excluding carboxylic acids is 1. The molecule has 0 aliphatic carbocycles. The molecule has 0 atom stereocenters. The van der Waals surface area contributed by atoms with Gasteiger partial charge in [0.2, 0.25) is 0 Å². The molecule has 0 aromatic heterocycles. The first-order valence-corrected chi connectivity index (χ1v) is 5.97. The summed E-state index contributed by atoms with van der Waals surface area (Å²) in [6.07, 6.45) is 0. The van der Waals surface area contributed by atoms with Crippen LogP contribution in [-0.4, -0.2) is 5.91 Å². The molecule has 0 saturated carbocycles. The number of anilines is 1. The highest BCUT2D eigenvalue weighted by Gasteiger charge is 2.12. The van der Waals surface area contributed by atoms with Crippen LogP contribution in [0.3, 0.4) is 0 Å². The van der Waals surface area contributed by atoms with Crippen molar-refractivity contribution in [1.82, 2.24) is 0 Å². The number of aryl methyl sites for hydroxylation is 1. The molecule has 2 rings (SSSR count). The average molecular weight is 258 g/mol. The van der Waals surface area contributed by atoms with Gasteiger partial charge in [-0.05, 0) is 36.2 Å². The van der Waals surface area contributed by atoms with E-state index in [4.69, 9.17) is 5.73 Å². The van der Waals surface area contributed by atoms with Crippen molar-refractivity contribution in [1.29, 1.82) is 0 Å². The number of para-hydroxylation sites is 1. The Morgan fingerprint density at radius 2 is 2.00 bits per heavy atom. The van der Waals surface area contributed by atoms with Crippen molar-refractivity contribution >= 4 is 11.6 Å². The topological polar surface area (TPSA) is 55.1 Å². The van der Waals surface area contributed by atoms with Gasteiger partial charge in [-0.2, -0.15) is 0 Å². The predicted molar refractivity (Wildman–Crippen MR) is 73.4 cm³/mol. The fourth-order valence-electron chi connectivity index (χ4n) is 1.81. The molecule has 3 nitrogen and oxygen atoms in total. The lowest BCUT2D eigenvalue weighted by Crippen LogP contribution is -2.15. The first-order chi connectivity index (χ1) is 9.11. The van der Waals surface area contributed by atoms with E-state index in [1.807, 2.05) is 12.1 Å². The van der Waals surface area contributed by atoms with Gasteiger partial charge in [-0.1, -0.05) is 24.3 Å². The summed E-state index contributed by atoms with van der Waals surface area (Å²) < 4.78 is 13.7. The predicted octanol–water partition coefficient (Wildman–Crippen LogP) is 2.85. The summed E-state index contributed by atoms with van der Waals surface area (Å²) in [5.41, 5.74) is 7.80. The molecule has 0 heterocycles. The van der Waals surface area contributed by atoms with E-state index < -0.39 is 11.7 Å². The molecule has 0 aliphatic rings. The van der Waals surface area contributed by atoms with E-state index >= 15 is 0 Å². The summed E-state index contributed by atoms with van der Waals surface area (Å²) >= 11 is 0. The third kappa shape index (κ3) is 2.98. The van der Waals surface area contributed by atoms with Gasteiger partial charge in [-0.3, -0.25) is 4.79 Å². The maximum absolute atomic E-state index is 13.7. The molecule has 4 heteroatoms. The first kappa shape index (κ1) is 13.2. The van der Waals surface area contributed by atoms with Crippen LogP contribution in [0.1, 0.15) is 21.5 Å². The first-order valence-electron chi connectivity index (χ1n) is 5.97. The van der Waals surface area contributed by atoms with Gasteiger partial charge in [0.15, 0.2) is 0 Å². The number of hydrogen-bond donors (Lipinski definition) is 2. The summed E-state index contributed by atoms with van der Waals surface area (Å²) in [5.74, 6) is -0.999. The molecule has 0 spiro atoms. The SMILES string of the molecule is Cc1ccc(C(=O)Nc2ccccc2CN)c(F)c1. The zero-order chi connectivity index (χ0) is 13.8. The van der Waals surface area contributed by atoms with Crippen molar-refractivity contribution in [2.75, 3.05) is 5.32 Å². The molecular formula is C15H15FN2O. The third-order valence-electron chi connectivity index (χ3n) is 2.85. The van der Waals surface area contributed by atoms with Crippen LogP contribution in [0.5, 0.6) is 0 Å². The number of benzene rings is 2. The van der Waals surface area contributed by atoms with Crippen molar-refractivity contribution in [3.63, 3.8) is 0 Å². The lowest BCUT2D eigenvalue weighted by atomic mass is 10.1. The van der Waals surface area contributed by atoms with E-state index in [0.717, 1.165) is 11.1 Å². The van der Waals surface area contributed by atoms with E-state index in [1.165, 1.54) is 12.1 Å². The lowest BCUT2D eigenvalue weighted by Gasteiger charge is -2.10. The molecule has 2 aromatic carbocycles. The molecule has 0 unspecified atom stereocenters. The second-order valence-corrected chi connectivity index (χ2v) is 4.30. The van der Waals surface area contributed by atoms with Crippen molar-refractivity contribution in [2.24, 2.45) is 5.73 Å². The Balaban J connectivity index is 2.26. The summed E-state index contributed by atoms with van der Waals surface area (Å²) in [7, 11) is 0. The van der Waals surface area contributed by atoms with Crippen LogP contribution in [0, 0.1) is 12.7 Å². The molecule has 0 bridgehead atoms. The van der Waals surface area contributed by atoms with Crippen LogP contribution < -0.4 is 11.1 Å². The van der Waals surface area contributed by atoms with Gasteiger partial charge in [0.05, 0.1) is 5.56 Å². The number of halogens is 1. The van der Waals surface area contributed by atoms with Crippen molar-refractivity contribution in [2.45, 2.75) is 13.5 Å². The van der Waals surface area contributed by atoms with Gasteiger partial charge < -0.3 is 11.1 Å². The zero-order valence-electron chi connectivity index (χ0n) is 10.6. The maximum Gasteiger partial charge on any atom is 0.258 e. The molecule has 1 amide bonds. The fraction of sp³-hybridized carbons (Fsp3) is 0.133. The number of nitrogens with two attached hydrogens (primary N) is 1. The minimum Gasteiger partial charge on any atom is -0.326 e. The van der Waals surface area contributed by atoms with Gasteiger partial charge in [-0.15, -0.1) is 0 Å². The summed E-state index contributed by atoms with van der Waals surface area (Å²) in [6, 6.07) is 11.7. The van der Waals surface area contributed by atoms with Crippen LogP contribution >= 0.6 is 0 Å². The molecule has 2 aromatic rings. The quantitative estimate of drug-likeness (QED) is 0.889. The second kappa shape index (κ2) is 5.63. The van der Waals surface area contributed by atoms with Gasteiger partial charge in [0.25, 0.3) is 5.91 Å². The lowest BCUT2D eigenvalue weighted by molar-refractivity contribution is 0.102. The van der Waals surface area contributed by atoms with Gasteiger partial charge in [0.1, 0.15) is 5.82 Å². The summed E-state index contributed by atoms with van der Waals surface area (Å²) in [5, 5.41) is 2.68. The summed E-state index contributed by atoms with van der Waals surface area (Å²) in [4.78, 5) is 12.0. The van der Waals surface area contributed by atoms with E-state index in [2.05, 4.69) is 5.32 Å². The Labute approximate surface area is 111 Å². The highest BCUT2D eigenvalue weighted by atomic mass is 19.1. The van der Waals surface area contributed by atoms with Gasteiger partial charge in [0, 0.05) is 12.2 Å². The second-order valence-electron chi connectivity index (χ2n) is 4.30. The Bertz CT molecular complexity index is 611. The van der Waals surface area contributed by atoms with Crippen LogP contribution in [0.4, 0.5) is 10.1 Å². The Kier molecular flexibility index (Phi) is 3.92. The molecule has 3 N–H and O–H groups in total. The normalized spacial score (nSPS) is 10.3. The standard InChI is InChI=1S/C15H15FN2O/c1-10-6-7-12(13(16)8-10)15(19)18-14-5-3-2-4-11(14)9-17/h2-8H,9,17H2,1H3,(H,18,19). The molecule has 0 aliphatic heterocycles. The fourth-order valence-corrected chi connectivity index (χ4v) is 1.81. The van der Waals surface area contributed by atoms with Crippen LogP contribution in [0.15, 0.2) is 42.5 Å². The van der Waals surface area contributed by atoms with Crippen LogP contribution in [-0.2, 0) is 6.54 Å². The number of nitrogens with one attached hydrogen (secondary N) is 1. The monoisotopic (exact) mass is 258 g/mol. The molecule has 19 heavy (non-hydrogen) atoms. The third-order valence-corrected chi connectivity index (χ3v) is 2.85. The smallest absolute Gasteiger partial charge is 0.258 e. The minimum absolute atomic E-state index is 0.0254. The van der Waals surface area contributed by atoms with Crippen molar-refractivity contribution in [3.8, 4) is 0 Å². The van der Waals surface area contributed by atoms with E-state index in [-0.39, 0.29) is 5.56 Å². The van der Waals surface area contributed by atoms with Crippen molar-refractivity contribution < 1.29 is 9.18 Å². The Morgan fingerprint density at radius 1 is 1.26 bits per heavy atom. The minimum atomic E-state index is -0.525. The zero-order valence-corrected chi connectivity index (χ0v) is 10.6. The number of amides is 1. The Hall–Kier alpha value is -2.20. The number of hydrogen-bond acceptors (Lipinski definition) is 2. The number of rotatable bonds is 3. The largest absolute Gasteiger partial charge is 0.326 e. The van der Waals surface area contributed by atoms with Crippen LogP contribution in [0.2, 0.25) is 0 Å². The highest BCUT2D eigenvalue weighted by molar-refractivity contribution is 6.04. The van der Waals surface area contributed by atoms with E-state index in [0.29, 0.717) is 12.2 Å². The maximum atomic E-state index is 13.7. The van der Waals surface area contributed by atoms with Crippen LogP contribution in [0.25, 0.3) is 0 Å². The van der Waals surface area contributed by atoms with Gasteiger partial charge >= 0.3 is 0 Å². The average Bonchev–Trinajstić information content (AvgIpc) is 2.39. The number of carbonyl (C=O) groups is 1. The van der Waals surface area contributed by atoms with E-state index in [1.54, 1.807) is 25.1 Å².